The number of rotatable bonds is 7. The van der Waals surface area contributed by atoms with Crippen molar-refractivity contribution in [3.05, 3.63) is 200 Å². The van der Waals surface area contributed by atoms with Gasteiger partial charge >= 0.3 is 0 Å². The molecular weight excluding hydrogens is 607 g/mol. The first-order valence-electron chi connectivity index (χ1n) is 17.0. The van der Waals surface area contributed by atoms with Crippen LogP contribution in [0, 0.1) is 0 Å². The van der Waals surface area contributed by atoms with Crippen molar-refractivity contribution in [1.29, 1.82) is 0 Å². The molecule has 0 spiro atoms. The van der Waals surface area contributed by atoms with Crippen molar-refractivity contribution >= 4 is 39.0 Å². The summed E-state index contributed by atoms with van der Waals surface area (Å²) in [6, 6.07) is 71.1. The molecule has 0 fully saturated rings. The van der Waals surface area contributed by atoms with Gasteiger partial charge in [0, 0.05) is 27.8 Å². The fraction of sp³-hybridized carbons (Fsp3) is 0. The summed E-state index contributed by atoms with van der Waals surface area (Å²) in [7, 11) is 0. The molecule has 0 radical (unpaired) electrons. The molecule has 0 atom stereocenters. The Bertz CT molecular complexity index is 2490. The van der Waals surface area contributed by atoms with Gasteiger partial charge in [-0.1, -0.05) is 127 Å². The zero-order valence-electron chi connectivity index (χ0n) is 27.4. The second kappa shape index (κ2) is 12.8. The molecular formula is C48H33NO. The first-order chi connectivity index (χ1) is 24.8. The molecule has 0 aliphatic carbocycles. The second-order valence-corrected chi connectivity index (χ2v) is 12.6. The van der Waals surface area contributed by atoms with E-state index in [1.54, 1.807) is 0 Å². The lowest BCUT2D eigenvalue weighted by Gasteiger charge is -2.26. The van der Waals surface area contributed by atoms with E-state index in [4.69, 9.17) is 4.42 Å². The van der Waals surface area contributed by atoms with Crippen LogP contribution in [0.5, 0.6) is 0 Å². The van der Waals surface area contributed by atoms with Gasteiger partial charge in [0.15, 0.2) is 0 Å². The SMILES string of the molecule is c1ccc(-c2cc(-c3ccccc3)cc(-c3ccc(N(c4ccccc4)c4ccc(-c5ccc6c(c5)oc5ccccc56)cc4)cc3)c2)cc1. The topological polar surface area (TPSA) is 16.4 Å². The van der Waals surface area contributed by atoms with E-state index in [1.807, 2.05) is 12.1 Å². The van der Waals surface area contributed by atoms with Crippen LogP contribution in [0.25, 0.3) is 66.4 Å². The number of hydrogen-bond acceptors (Lipinski definition) is 2. The molecule has 1 heterocycles. The van der Waals surface area contributed by atoms with Crippen molar-refractivity contribution in [2.24, 2.45) is 0 Å². The summed E-state index contributed by atoms with van der Waals surface area (Å²) < 4.78 is 6.18. The van der Waals surface area contributed by atoms with Gasteiger partial charge in [0.1, 0.15) is 11.2 Å². The van der Waals surface area contributed by atoms with Gasteiger partial charge in [0.25, 0.3) is 0 Å². The van der Waals surface area contributed by atoms with Gasteiger partial charge in [-0.05, 0) is 117 Å². The van der Waals surface area contributed by atoms with Gasteiger partial charge in [0.2, 0.25) is 0 Å². The highest BCUT2D eigenvalue weighted by Gasteiger charge is 2.15. The van der Waals surface area contributed by atoms with Crippen molar-refractivity contribution < 1.29 is 4.42 Å². The normalized spacial score (nSPS) is 11.2. The molecule has 1 aromatic heterocycles. The Morgan fingerprint density at radius 3 is 1.22 bits per heavy atom. The summed E-state index contributed by atoms with van der Waals surface area (Å²) in [6.07, 6.45) is 0. The Kier molecular flexibility index (Phi) is 7.53. The largest absolute Gasteiger partial charge is 0.456 e. The number of hydrogen-bond donors (Lipinski definition) is 0. The third kappa shape index (κ3) is 5.63. The molecule has 2 heteroatoms. The summed E-state index contributed by atoms with van der Waals surface area (Å²) in [4.78, 5) is 2.31. The molecule has 0 amide bonds. The van der Waals surface area contributed by atoms with Crippen molar-refractivity contribution in [2.45, 2.75) is 0 Å². The van der Waals surface area contributed by atoms with Crippen molar-refractivity contribution in [2.75, 3.05) is 4.90 Å². The Hall–Kier alpha value is -6.64. The average molecular weight is 640 g/mol. The molecule has 0 aliphatic heterocycles. The van der Waals surface area contributed by atoms with Crippen molar-refractivity contribution in [1.82, 2.24) is 0 Å². The van der Waals surface area contributed by atoms with Crippen LogP contribution in [0.1, 0.15) is 0 Å². The van der Waals surface area contributed by atoms with E-state index in [0.717, 1.165) is 50.1 Å². The van der Waals surface area contributed by atoms with E-state index in [0.29, 0.717) is 0 Å². The molecule has 0 aliphatic rings. The summed E-state index contributed by atoms with van der Waals surface area (Å²) in [5.74, 6) is 0. The van der Waals surface area contributed by atoms with E-state index < -0.39 is 0 Å². The summed E-state index contributed by atoms with van der Waals surface area (Å²) in [5, 5.41) is 2.29. The minimum atomic E-state index is 0.906. The lowest BCUT2D eigenvalue weighted by atomic mass is 9.93. The average Bonchev–Trinajstić information content (AvgIpc) is 3.57. The van der Waals surface area contributed by atoms with Gasteiger partial charge in [-0.25, -0.2) is 0 Å². The quantitative estimate of drug-likeness (QED) is 0.173. The molecule has 0 unspecified atom stereocenters. The fourth-order valence-electron chi connectivity index (χ4n) is 6.92. The number of nitrogens with zero attached hydrogens (tertiary/aromatic N) is 1. The maximum absolute atomic E-state index is 6.18. The van der Waals surface area contributed by atoms with Gasteiger partial charge in [-0.2, -0.15) is 0 Å². The molecule has 9 aromatic rings. The van der Waals surface area contributed by atoms with Crippen LogP contribution in [0.4, 0.5) is 17.1 Å². The Labute approximate surface area is 292 Å². The van der Waals surface area contributed by atoms with Gasteiger partial charge in [-0.3, -0.25) is 0 Å². The lowest BCUT2D eigenvalue weighted by molar-refractivity contribution is 0.669. The number of para-hydroxylation sites is 2. The Morgan fingerprint density at radius 1 is 0.260 bits per heavy atom. The minimum absolute atomic E-state index is 0.906. The number of benzene rings is 8. The predicted octanol–water partition coefficient (Wildman–Crippen LogP) is 13.7. The van der Waals surface area contributed by atoms with Crippen LogP contribution in [-0.4, -0.2) is 0 Å². The van der Waals surface area contributed by atoms with Crippen LogP contribution in [0.3, 0.4) is 0 Å². The molecule has 0 saturated heterocycles. The highest BCUT2D eigenvalue weighted by atomic mass is 16.3. The third-order valence-electron chi connectivity index (χ3n) is 9.46. The maximum Gasteiger partial charge on any atom is 0.136 e. The van der Waals surface area contributed by atoms with E-state index in [9.17, 15) is 0 Å². The molecule has 0 saturated carbocycles. The standard InChI is InChI=1S/C48H33NO/c1-4-12-34(13-5-1)39-30-40(35-14-6-2-7-15-35)32-41(31-39)37-22-27-44(28-23-37)49(42-16-8-3-9-17-42)43-25-20-36(21-26-43)38-24-29-46-45-18-10-11-19-47(45)50-48(46)33-38/h1-33H. The van der Waals surface area contributed by atoms with Crippen molar-refractivity contribution in [3.63, 3.8) is 0 Å². The molecule has 0 N–H and O–H groups in total. The number of furan rings is 1. The molecule has 236 valence electrons. The highest BCUT2D eigenvalue weighted by Crippen LogP contribution is 2.39. The predicted molar refractivity (Wildman–Crippen MR) is 210 cm³/mol. The number of fused-ring (bicyclic) bond motifs is 3. The Morgan fingerprint density at radius 2 is 0.660 bits per heavy atom. The summed E-state index contributed by atoms with van der Waals surface area (Å²) in [5.41, 5.74) is 14.6. The van der Waals surface area contributed by atoms with Gasteiger partial charge in [0.05, 0.1) is 0 Å². The van der Waals surface area contributed by atoms with Crippen LogP contribution < -0.4 is 4.90 Å². The molecule has 9 rings (SSSR count). The van der Waals surface area contributed by atoms with Gasteiger partial charge < -0.3 is 9.32 Å². The number of anilines is 3. The molecule has 2 nitrogen and oxygen atoms in total. The van der Waals surface area contributed by atoms with Crippen LogP contribution in [0.15, 0.2) is 205 Å². The van der Waals surface area contributed by atoms with E-state index in [1.165, 1.54) is 33.4 Å². The van der Waals surface area contributed by atoms with Crippen LogP contribution in [0.2, 0.25) is 0 Å². The molecule has 50 heavy (non-hydrogen) atoms. The highest BCUT2D eigenvalue weighted by molar-refractivity contribution is 6.05. The van der Waals surface area contributed by atoms with Crippen molar-refractivity contribution in [3.8, 4) is 44.5 Å². The lowest BCUT2D eigenvalue weighted by Crippen LogP contribution is -2.09. The smallest absolute Gasteiger partial charge is 0.136 e. The summed E-state index contributed by atoms with van der Waals surface area (Å²) >= 11 is 0. The fourth-order valence-corrected chi connectivity index (χ4v) is 6.92. The monoisotopic (exact) mass is 639 g/mol. The Balaban J connectivity index is 1.07. The van der Waals surface area contributed by atoms with Crippen LogP contribution >= 0.6 is 0 Å². The zero-order valence-corrected chi connectivity index (χ0v) is 27.4. The second-order valence-electron chi connectivity index (χ2n) is 12.6. The zero-order chi connectivity index (χ0) is 33.3. The van der Waals surface area contributed by atoms with Crippen LogP contribution in [-0.2, 0) is 0 Å². The molecule has 0 bridgehead atoms. The molecule has 8 aromatic carbocycles. The minimum Gasteiger partial charge on any atom is -0.456 e. The van der Waals surface area contributed by atoms with E-state index in [-0.39, 0.29) is 0 Å². The first-order valence-corrected chi connectivity index (χ1v) is 17.0. The summed E-state index contributed by atoms with van der Waals surface area (Å²) in [6.45, 7) is 0. The first kappa shape index (κ1) is 29.5. The van der Waals surface area contributed by atoms with E-state index >= 15 is 0 Å². The van der Waals surface area contributed by atoms with E-state index in [2.05, 4.69) is 193 Å². The maximum atomic E-state index is 6.18. The third-order valence-corrected chi connectivity index (χ3v) is 9.46. The van der Waals surface area contributed by atoms with Gasteiger partial charge in [-0.15, -0.1) is 0 Å².